The number of ether oxygens (including phenoxy) is 1. The van der Waals surface area contributed by atoms with Gasteiger partial charge in [0.25, 0.3) is 0 Å². The second-order valence-corrected chi connectivity index (χ2v) is 7.34. The zero-order chi connectivity index (χ0) is 17.8. The van der Waals surface area contributed by atoms with Gasteiger partial charge in [-0.3, -0.25) is 9.59 Å². The minimum absolute atomic E-state index is 0.0285. The number of aryl methyl sites for hydroxylation is 1. The quantitative estimate of drug-likeness (QED) is 0.832. The Hall–Kier alpha value is -2.04. The van der Waals surface area contributed by atoms with E-state index in [-0.39, 0.29) is 30.2 Å². The standard InChI is InChI=1S/C20H28N2O3/c1-25-15-8-10-16-14(11-15)7-9-17(16)20(24)22-18(12-19(21)23)13-5-3-2-4-6-13/h8,10-11,13,17-18H,2-7,9,12H2,1H3,(H2,21,23)(H,22,24). The molecule has 1 aromatic carbocycles. The molecular weight excluding hydrogens is 316 g/mol. The fourth-order valence-corrected chi connectivity index (χ4v) is 4.37. The van der Waals surface area contributed by atoms with Crippen LogP contribution in [0.4, 0.5) is 0 Å². The molecule has 2 unspecified atom stereocenters. The molecule has 0 spiro atoms. The Kier molecular flexibility index (Phi) is 5.61. The van der Waals surface area contributed by atoms with Crippen molar-refractivity contribution < 1.29 is 14.3 Å². The number of amides is 2. The third kappa shape index (κ3) is 4.14. The molecule has 3 N–H and O–H groups in total. The highest BCUT2D eigenvalue weighted by atomic mass is 16.5. The summed E-state index contributed by atoms with van der Waals surface area (Å²) in [5, 5.41) is 3.16. The summed E-state index contributed by atoms with van der Waals surface area (Å²) < 4.78 is 5.27. The molecule has 5 heteroatoms. The third-order valence-electron chi connectivity index (χ3n) is 5.71. The smallest absolute Gasteiger partial charge is 0.227 e. The van der Waals surface area contributed by atoms with Crippen LogP contribution in [0.1, 0.15) is 62.0 Å². The van der Waals surface area contributed by atoms with E-state index in [2.05, 4.69) is 5.32 Å². The number of benzene rings is 1. The zero-order valence-electron chi connectivity index (χ0n) is 14.9. The molecule has 1 aromatic rings. The molecule has 2 atom stereocenters. The minimum Gasteiger partial charge on any atom is -0.497 e. The van der Waals surface area contributed by atoms with Crippen molar-refractivity contribution in [1.29, 1.82) is 0 Å². The number of carbonyl (C=O) groups is 2. The Morgan fingerprint density at radius 2 is 2.00 bits per heavy atom. The number of nitrogens with one attached hydrogen (secondary N) is 1. The first-order valence-corrected chi connectivity index (χ1v) is 9.34. The lowest BCUT2D eigenvalue weighted by Gasteiger charge is -2.31. The Bertz CT molecular complexity index is 638. The number of rotatable bonds is 6. The normalized spacial score (nSPS) is 21.4. The maximum absolute atomic E-state index is 12.9. The molecule has 0 bridgehead atoms. The van der Waals surface area contributed by atoms with E-state index >= 15 is 0 Å². The maximum Gasteiger partial charge on any atom is 0.227 e. The fraction of sp³-hybridized carbons (Fsp3) is 0.600. The van der Waals surface area contributed by atoms with Gasteiger partial charge < -0.3 is 15.8 Å². The zero-order valence-corrected chi connectivity index (χ0v) is 14.9. The Morgan fingerprint density at radius 3 is 2.68 bits per heavy atom. The summed E-state index contributed by atoms with van der Waals surface area (Å²) in [5.74, 6) is 0.739. The molecule has 2 aliphatic carbocycles. The molecule has 3 rings (SSSR count). The van der Waals surface area contributed by atoms with Gasteiger partial charge in [0.05, 0.1) is 13.0 Å². The summed E-state index contributed by atoms with van der Waals surface area (Å²) in [6.07, 6.45) is 7.64. The van der Waals surface area contributed by atoms with Crippen LogP contribution in [0.2, 0.25) is 0 Å². The van der Waals surface area contributed by atoms with Gasteiger partial charge in [-0.1, -0.05) is 25.3 Å². The molecule has 1 saturated carbocycles. The van der Waals surface area contributed by atoms with Gasteiger partial charge in [0.15, 0.2) is 0 Å². The van der Waals surface area contributed by atoms with E-state index in [1.807, 2.05) is 18.2 Å². The minimum atomic E-state index is -0.340. The summed E-state index contributed by atoms with van der Waals surface area (Å²) in [4.78, 5) is 24.4. The molecule has 25 heavy (non-hydrogen) atoms. The van der Waals surface area contributed by atoms with Crippen LogP contribution < -0.4 is 15.8 Å². The first-order valence-electron chi connectivity index (χ1n) is 9.34. The van der Waals surface area contributed by atoms with Crippen LogP contribution in [0.3, 0.4) is 0 Å². The predicted molar refractivity (Wildman–Crippen MR) is 96.4 cm³/mol. The van der Waals surface area contributed by atoms with Gasteiger partial charge >= 0.3 is 0 Å². The average molecular weight is 344 g/mol. The van der Waals surface area contributed by atoms with Crippen LogP contribution in [-0.2, 0) is 16.0 Å². The van der Waals surface area contributed by atoms with Crippen LogP contribution in [0.25, 0.3) is 0 Å². The number of nitrogens with two attached hydrogens (primary N) is 1. The number of fused-ring (bicyclic) bond motifs is 1. The van der Waals surface area contributed by atoms with E-state index in [9.17, 15) is 9.59 Å². The summed E-state index contributed by atoms with van der Waals surface area (Å²) in [6, 6.07) is 5.79. The number of hydrogen-bond donors (Lipinski definition) is 2. The lowest BCUT2D eigenvalue weighted by molar-refractivity contribution is -0.124. The van der Waals surface area contributed by atoms with Gasteiger partial charge in [-0.05, 0) is 54.9 Å². The summed E-state index contributed by atoms with van der Waals surface area (Å²) in [7, 11) is 1.65. The number of primary amides is 1. The lowest BCUT2D eigenvalue weighted by atomic mass is 9.82. The molecule has 2 amide bonds. The topological polar surface area (TPSA) is 81.4 Å². The monoisotopic (exact) mass is 344 g/mol. The second kappa shape index (κ2) is 7.89. The fourth-order valence-electron chi connectivity index (χ4n) is 4.37. The largest absolute Gasteiger partial charge is 0.497 e. The lowest BCUT2D eigenvalue weighted by Crippen LogP contribution is -2.45. The van der Waals surface area contributed by atoms with Crippen molar-refractivity contribution in [2.75, 3.05) is 7.11 Å². The molecular formula is C20H28N2O3. The molecule has 2 aliphatic rings. The van der Waals surface area contributed by atoms with Gasteiger partial charge in [0, 0.05) is 12.5 Å². The molecule has 0 radical (unpaired) electrons. The third-order valence-corrected chi connectivity index (χ3v) is 5.71. The average Bonchev–Trinajstić information content (AvgIpc) is 3.04. The SMILES string of the molecule is COc1ccc2c(c1)CCC2C(=O)NC(CC(N)=O)C1CCCCC1. The van der Waals surface area contributed by atoms with E-state index in [0.717, 1.165) is 37.0 Å². The highest BCUT2D eigenvalue weighted by Crippen LogP contribution is 2.36. The van der Waals surface area contributed by atoms with Gasteiger partial charge in [-0.25, -0.2) is 0 Å². The summed E-state index contributed by atoms with van der Waals surface area (Å²) in [6.45, 7) is 0. The highest BCUT2D eigenvalue weighted by Gasteiger charge is 2.33. The molecule has 1 fully saturated rings. The van der Waals surface area contributed by atoms with Crippen molar-refractivity contribution in [3.8, 4) is 5.75 Å². The van der Waals surface area contributed by atoms with E-state index in [1.165, 1.54) is 24.8 Å². The second-order valence-electron chi connectivity index (χ2n) is 7.34. The first kappa shape index (κ1) is 17.8. The molecule has 136 valence electrons. The summed E-state index contributed by atoms with van der Waals surface area (Å²) in [5.41, 5.74) is 7.70. The van der Waals surface area contributed by atoms with Gasteiger partial charge in [0.1, 0.15) is 5.75 Å². The van der Waals surface area contributed by atoms with E-state index < -0.39 is 0 Å². The Labute approximate surface area is 149 Å². The molecule has 0 heterocycles. The van der Waals surface area contributed by atoms with Crippen molar-refractivity contribution in [2.24, 2.45) is 11.7 Å². The van der Waals surface area contributed by atoms with Gasteiger partial charge in [-0.2, -0.15) is 0 Å². The van der Waals surface area contributed by atoms with Gasteiger partial charge in [0.2, 0.25) is 11.8 Å². The van der Waals surface area contributed by atoms with Crippen molar-refractivity contribution in [3.05, 3.63) is 29.3 Å². The number of carbonyl (C=O) groups excluding carboxylic acids is 2. The van der Waals surface area contributed by atoms with Crippen molar-refractivity contribution >= 4 is 11.8 Å². The first-order chi connectivity index (χ1) is 12.1. The van der Waals surface area contributed by atoms with Crippen LogP contribution >= 0.6 is 0 Å². The van der Waals surface area contributed by atoms with Crippen LogP contribution in [0.5, 0.6) is 5.75 Å². The summed E-state index contributed by atoms with van der Waals surface area (Å²) >= 11 is 0. The van der Waals surface area contributed by atoms with Crippen molar-refractivity contribution in [2.45, 2.75) is 63.3 Å². The van der Waals surface area contributed by atoms with E-state index in [4.69, 9.17) is 10.5 Å². The predicted octanol–water partition coefficient (Wildman–Crippen LogP) is 2.67. The Morgan fingerprint density at radius 1 is 1.24 bits per heavy atom. The van der Waals surface area contributed by atoms with E-state index in [0.29, 0.717) is 5.92 Å². The Balaban J connectivity index is 1.70. The van der Waals surface area contributed by atoms with Gasteiger partial charge in [-0.15, -0.1) is 0 Å². The van der Waals surface area contributed by atoms with Crippen molar-refractivity contribution in [3.63, 3.8) is 0 Å². The molecule has 0 aliphatic heterocycles. The van der Waals surface area contributed by atoms with Crippen LogP contribution in [-0.4, -0.2) is 25.0 Å². The highest BCUT2D eigenvalue weighted by molar-refractivity contribution is 5.86. The number of hydrogen-bond acceptors (Lipinski definition) is 3. The molecule has 0 saturated heterocycles. The van der Waals surface area contributed by atoms with E-state index in [1.54, 1.807) is 7.11 Å². The number of methoxy groups -OCH3 is 1. The van der Waals surface area contributed by atoms with Crippen LogP contribution in [0.15, 0.2) is 18.2 Å². The van der Waals surface area contributed by atoms with Crippen LogP contribution in [0, 0.1) is 5.92 Å². The molecule has 0 aromatic heterocycles. The molecule has 5 nitrogen and oxygen atoms in total. The maximum atomic E-state index is 12.9. The van der Waals surface area contributed by atoms with Crippen molar-refractivity contribution in [1.82, 2.24) is 5.32 Å².